The zero-order chi connectivity index (χ0) is 32.4. The maximum atomic E-state index is 13.8. The summed E-state index contributed by atoms with van der Waals surface area (Å²) in [6, 6.07) is -1.05. The van der Waals surface area contributed by atoms with Crippen LogP contribution in [0.25, 0.3) is 0 Å². The Labute approximate surface area is 261 Å². The average Bonchev–Trinajstić information content (AvgIpc) is 3.21. The van der Waals surface area contributed by atoms with Gasteiger partial charge >= 0.3 is 18.2 Å². The van der Waals surface area contributed by atoms with E-state index in [1.165, 1.54) is 9.80 Å². The summed E-state index contributed by atoms with van der Waals surface area (Å²) in [6.45, 7) is 15.2. The van der Waals surface area contributed by atoms with E-state index in [1.807, 2.05) is 0 Å². The van der Waals surface area contributed by atoms with Crippen molar-refractivity contribution in [1.29, 1.82) is 0 Å². The van der Waals surface area contributed by atoms with Gasteiger partial charge in [0.25, 0.3) is 0 Å². The Morgan fingerprint density at radius 1 is 0.841 bits per heavy atom. The van der Waals surface area contributed by atoms with Crippen molar-refractivity contribution < 1.29 is 38.2 Å². The summed E-state index contributed by atoms with van der Waals surface area (Å²) < 4.78 is 17.2. The Kier molecular flexibility index (Phi) is 8.41. The van der Waals surface area contributed by atoms with Crippen LogP contribution in [-0.4, -0.2) is 82.5 Å². The predicted molar refractivity (Wildman–Crippen MR) is 162 cm³/mol. The van der Waals surface area contributed by atoms with Gasteiger partial charge in [-0.3, -0.25) is 14.5 Å². The van der Waals surface area contributed by atoms with E-state index in [9.17, 15) is 24.0 Å². The SMILES string of the molecule is CC(C)(C)OC(=O)N1CCN(C(=O)OC(C)(C)C)[C@@H](C(=O)O[C@H]2CC[C@@]3(C)[C@H](C2)C(=O)C[C@@H]2[C@@H]3CC[C@]3(C)C(=O)CC[C@@H]23)C1. The molecule has 10 heteroatoms. The number of rotatable bonds is 2. The van der Waals surface area contributed by atoms with Crippen LogP contribution in [0.3, 0.4) is 0 Å². The van der Waals surface area contributed by atoms with E-state index in [-0.39, 0.29) is 54.0 Å². The van der Waals surface area contributed by atoms with Gasteiger partial charge in [-0.15, -0.1) is 0 Å². The van der Waals surface area contributed by atoms with E-state index in [4.69, 9.17) is 14.2 Å². The number of nitrogens with zero attached hydrogens (tertiary/aromatic N) is 2. The lowest BCUT2D eigenvalue weighted by molar-refractivity contribution is -0.173. The molecular formula is C34H52N2O8. The van der Waals surface area contributed by atoms with Crippen molar-refractivity contribution in [3.05, 3.63) is 0 Å². The Morgan fingerprint density at radius 3 is 2.16 bits per heavy atom. The Morgan fingerprint density at radius 2 is 1.50 bits per heavy atom. The van der Waals surface area contributed by atoms with Crippen molar-refractivity contribution in [3.8, 4) is 0 Å². The normalized spacial score (nSPS) is 37.5. The zero-order valence-electron chi connectivity index (χ0n) is 27.9. The number of esters is 1. The van der Waals surface area contributed by atoms with Crippen molar-refractivity contribution in [2.75, 3.05) is 19.6 Å². The van der Waals surface area contributed by atoms with E-state index in [0.29, 0.717) is 37.4 Å². The number of hydrogen-bond acceptors (Lipinski definition) is 8. The molecular weight excluding hydrogens is 564 g/mol. The van der Waals surface area contributed by atoms with Crippen LogP contribution in [0.4, 0.5) is 9.59 Å². The van der Waals surface area contributed by atoms with Crippen LogP contribution in [0.5, 0.6) is 0 Å². The first-order valence-corrected chi connectivity index (χ1v) is 16.6. The third kappa shape index (κ3) is 6.11. The highest BCUT2D eigenvalue weighted by Gasteiger charge is 2.62. The van der Waals surface area contributed by atoms with Gasteiger partial charge in [0.2, 0.25) is 0 Å². The molecule has 246 valence electrons. The fourth-order valence-corrected chi connectivity index (χ4v) is 9.14. The number of carbonyl (C=O) groups excluding carboxylic acids is 5. The average molecular weight is 617 g/mol. The topological polar surface area (TPSA) is 120 Å². The molecule has 4 aliphatic carbocycles. The van der Waals surface area contributed by atoms with E-state index >= 15 is 0 Å². The Bertz CT molecular complexity index is 1200. The number of Topliss-reactive ketones (excluding diaryl/α,β-unsaturated/α-hetero) is 2. The van der Waals surface area contributed by atoms with Gasteiger partial charge in [-0.2, -0.15) is 0 Å². The van der Waals surface area contributed by atoms with Crippen LogP contribution in [-0.2, 0) is 28.6 Å². The molecule has 0 N–H and O–H groups in total. The van der Waals surface area contributed by atoms with Crippen LogP contribution in [0, 0.1) is 34.5 Å². The summed E-state index contributed by atoms with van der Waals surface area (Å²) >= 11 is 0. The maximum absolute atomic E-state index is 13.8. The molecule has 5 aliphatic rings. The van der Waals surface area contributed by atoms with Crippen molar-refractivity contribution in [3.63, 3.8) is 0 Å². The molecule has 44 heavy (non-hydrogen) atoms. The third-order valence-electron chi connectivity index (χ3n) is 11.3. The largest absolute Gasteiger partial charge is 0.461 e. The molecule has 8 atom stereocenters. The molecule has 1 heterocycles. The Hall–Kier alpha value is -2.65. The fourth-order valence-electron chi connectivity index (χ4n) is 9.14. The molecule has 0 radical (unpaired) electrons. The first-order valence-electron chi connectivity index (χ1n) is 16.6. The van der Waals surface area contributed by atoms with Crippen LogP contribution >= 0.6 is 0 Å². The molecule has 0 aromatic carbocycles. The van der Waals surface area contributed by atoms with E-state index in [0.717, 1.165) is 25.7 Å². The van der Waals surface area contributed by atoms with Gasteiger partial charge in [0, 0.05) is 37.3 Å². The second-order valence-corrected chi connectivity index (χ2v) is 16.5. The summed E-state index contributed by atoms with van der Waals surface area (Å²) in [5, 5.41) is 0. The molecule has 1 aliphatic heterocycles. The second kappa shape index (κ2) is 11.3. The minimum atomic E-state index is -1.05. The van der Waals surface area contributed by atoms with Crippen LogP contribution < -0.4 is 0 Å². The van der Waals surface area contributed by atoms with E-state index in [1.54, 1.807) is 41.5 Å². The van der Waals surface area contributed by atoms with Crippen molar-refractivity contribution in [1.82, 2.24) is 9.80 Å². The van der Waals surface area contributed by atoms with Crippen LogP contribution in [0.15, 0.2) is 0 Å². The number of carbonyl (C=O) groups is 5. The highest BCUT2D eigenvalue weighted by molar-refractivity contribution is 5.88. The number of piperazine rings is 1. The van der Waals surface area contributed by atoms with Crippen molar-refractivity contribution in [2.24, 2.45) is 34.5 Å². The van der Waals surface area contributed by atoms with Crippen LogP contribution in [0.2, 0.25) is 0 Å². The van der Waals surface area contributed by atoms with Gasteiger partial charge < -0.3 is 19.1 Å². The van der Waals surface area contributed by atoms with Gasteiger partial charge in [-0.1, -0.05) is 13.8 Å². The molecule has 2 amide bonds. The number of hydrogen-bond donors (Lipinski definition) is 0. The van der Waals surface area contributed by atoms with E-state index < -0.39 is 41.5 Å². The van der Waals surface area contributed by atoms with Crippen molar-refractivity contribution >= 4 is 29.7 Å². The molecule has 0 unspecified atom stereocenters. The molecule has 0 bridgehead atoms. The zero-order valence-corrected chi connectivity index (χ0v) is 27.9. The predicted octanol–water partition coefficient (Wildman–Crippen LogP) is 5.55. The molecule has 0 aromatic heterocycles. The molecule has 4 saturated carbocycles. The second-order valence-electron chi connectivity index (χ2n) is 16.5. The summed E-state index contributed by atoms with van der Waals surface area (Å²) in [7, 11) is 0. The molecule has 5 rings (SSSR count). The van der Waals surface area contributed by atoms with Gasteiger partial charge in [0.15, 0.2) is 6.04 Å². The summed E-state index contributed by atoms with van der Waals surface area (Å²) in [5.41, 5.74) is -1.94. The smallest absolute Gasteiger partial charge is 0.411 e. The minimum Gasteiger partial charge on any atom is -0.461 e. The number of ketones is 2. The third-order valence-corrected chi connectivity index (χ3v) is 11.3. The number of amides is 2. The van der Waals surface area contributed by atoms with Gasteiger partial charge in [0.05, 0.1) is 6.54 Å². The molecule has 0 spiro atoms. The fraction of sp³-hybridized carbons (Fsp3) is 0.853. The molecule has 5 fully saturated rings. The Balaban J connectivity index is 1.29. The monoisotopic (exact) mass is 616 g/mol. The summed E-state index contributed by atoms with van der Waals surface area (Å²) in [4.78, 5) is 69.1. The minimum absolute atomic E-state index is 0.0670. The van der Waals surface area contributed by atoms with Crippen molar-refractivity contribution in [2.45, 2.75) is 130 Å². The highest BCUT2D eigenvalue weighted by Crippen LogP contribution is 2.64. The van der Waals surface area contributed by atoms with Gasteiger partial charge in [-0.05, 0) is 103 Å². The first kappa shape index (κ1) is 32.7. The highest BCUT2D eigenvalue weighted by atomic mass is 16.6. The molecule has 10 nitrogen and oxygen atoms in total. The summed E-state index contributed by atoms with van der Waals surface area (Å²) in [5.74, 6) is 0.696. The molecule has 1 saturated heterocycles. The quantitative estimate of drug-likeness (QED) is 0.293. The maximum Gasteiger partial charge on any atom is 0.411 e. The summed E-state index contributed by atoms with van der Waals surface area (Å²) in [6.07, 6.45) is 4.08. The van der Waals surface area contributed by atoms with Gasteiger partial charge in [-0.25, -0.2) is 14.4 Å². The number of ether oxygens (including phenoxy) is 3. The first-order chi connectivity index (χ1) is 20.3. The molecule has 0 aromatic rings. The lowest BCUT2D eigenvalue weighted by atomic mass is 9.45. The number of fused-ring (bicyclic) bond motifs is 5. The lowest BCUT2D eigenvalue weighted by Crippen LogP contribution is -2.61. The lowest BCUT2D eigenvalue weighted by Gasteiger charge is -2.59. The standard InChI is InChI=1S/C34H52N2O8/c1-31(2,3)43-29(40)35-15-16-36(30(41)44-32(4,5)6)25(19-35)28(39)42-20-11-13-33(7)23-12-14-34(8)22(9-10-27(34)38)21(23)18-26(37)24(33)17-20/h20-25H,9-19H2,1-8H3/t20-,21-,22-,23-,24+,25+,33+,34-/m0/s1. The van der Waals surface area contributed by atoms with Crippen LogP contribution in [0.1, 0.15) is 107 Å². The van der Waals surface area contributed by atoms with Gasteiger partial charge in [0.1, 0.15) is 28.9 Å². The van der Waals surface area contributed by atoms with E-state index in [2.05, 4.69) is 13.8 Å².